The standard InChI is InChI=1S/C15H17NO3S/c16-13-7-9-15(10-8-13)20(17,18)12-4-11-19-14-5-2-1-3-6-14/h1-3,5-10H,4,11-12,16H2. The second kappa shape index (κ2) is 6.43. The number of hydrogen-bond acceptors (Lipinski definition) is 4. The van der Waals surface area contributed by atoms with E-state index < -0.39 is 9.84 Å². The highest BCUT2D eigenvalue weighted by Crippen LogP contribution is 2.15. The molecule has 0 radical (unpaired) electrons. The van der Waals surface area contributed by atoms with Crippen molar-refractivity contribution >= 4 is 15.5 Å². The number of sulfone groups is 1. The van der Waals surface area contributed by atoms with E-state index in [2.05, 4.69) is 0 Å². The molecule has 0 aromatic heterocycles. The number of para-hydroxylation sites is 1. The molecule has 2 rings (SSSR count). The van der Waals surface area contributed by atoms with Crippen molar-refractivity contribution in [2.75, 3.05) is 18.1 Å². The fourth-order valence-corrected chi connectivity index (χ4v) is 3.03. The molecule has 106 valence electrons. The molecule has 0 heterocycles. The van der Waals surface area contributed by atoms with Crippen LogP contribution in [0.5, 0.6) is 5.75 Å². The number of nitrogen functional groups attached to an aromatic ring is 1. The molecule has 0 amide bonds. The highest BCUT2D eigenvalue weighted by molar-refractivity contribution is 7.91. The second-order valence-corrected chi connectivity index (χ2v) is 6.51. The Morgan fingerprint density at radius 3 is 2.25 bits per heavy atom. The van der Waals surface area contributed by atoms with Gasteiger partial charge in [-0.2, -0.15) is 0 Å². The SMILES string of the molecule is Nc1ccc(S(=O)(=O)CCCOc2ccccc2)cc1. The van der Waals surface area contributed by atoms with Crippen LogP contribution in [0.2, 0.25) is 0 Å². The first-order valence-corrected chi connectivity index (χ1v) is 7.99. The lowest BCUT2D eigenvalue weighted by Crippen LogP contribution is -2.10. The molecule has 0 saturated heterocycles. The third kappa shape index (κ3) is 3.99. The Hall–Kier alpha value is -2.01. The number of hydrogen-bond donors (Lipinski definition) is 1. The van der Waals surface area contributed by atoms with Gasteiger partial charge < -0.3 is 10.5 Å². The molecule has 5 heteroatoms. The topological polar surface area (TPSA) is 69.4 Å². The lowest BCUT2D eigenvalue weighted by Gasteiger charge is -2.07. The zero-order valence-electron chi connectivity index (χ0n) is 11.0. The first kappa shape index (κ1) is 14.4. The van der Waals surface area contributed by atoms with E-state index in [1.165, 1.54) is 12.1 Å². The largest absolute Gasteiger partial charge is 0.494 e. The minimum absolute atomic E-state index is 0.0593. The summed E-state index contributed by atoms with van der Waals surface area (Å²) in [7, 11) is -3.27. The molecule has 0 saturated carbocycles. The Morgan fingerprint density at radius 1 is 0.950 bits per heavy atom. The third-order valence-corrected chi connectivity index (χ3v) is 4.63. The fraction of sp³-hybridized carbons (Fsp3) is 0.200. The predicted molar refractivity (Wildman–Crippen MR) is 79.5 cm³/mol. The summed E-state index contributed by atoms with van der Waals surface area (Å²) >= 11 is 0. The summed E-state index contributed by atoms with van der Waals surface area (Å²) < 4.78 is 29.6. The Bertz CT molecular complexity index is 637. The maximum absolute atomic E-state index is 12.1. The first-order valence-electron chi connectivity index (χ1n) is 6.34. The third-order valence-electron chi connectivity index (χ3n) is 2.81. The molecule has 20 heavy (non-hydrogen) atoms. The highest BCUT2D eigenvalue weighted by atomic mass is 32.2. The van der Waals surface area contributed by atoms with E-state index in [4.69, 9.17) is 10.5 Å². The van der Waals surface area contributed by atoms with Crippen molar-refractivity contribution in [2.45, 2.75) is 11.3 Å². The van der Waals surface area contributed by atoms with E-state index in [9.17, 15) is 8.42 Å². The summed E-state index contributed by atoms with van der Waals surface area (Å²) in [5.41, 5.74) is 6.09. The lowest BCUT2D eigenvalue weighted by molar-refractivity contribution is 0.317. The maximum Gasteiger partial charge on any atom is 0.178 e. The average Bonchev–Trinajstić information content (AvgIpc) is 2.45. The van der Waals surface area contributed by atoms with Crippen molar-refractivity contribution in [2.24, 2.45) is 0 Å². The molecule has 0 bridgehead atoms. The van der Waals surface area contributed by atoms with Gasteiger partial charge in [-0.1, -0.05) is 18.2 Å². The summed E-state index contributed by atoms with van der Waals surface area (Å²) in [6.45, 7) is 0.373. The highest BCUT2D eigenvalue weighted by Gasteiger charge is 2.13. The van der Waals surface area contributed by atoms with Crippen LogP contribution in [0.1, 0.15) is 6.42 Å². The van der Waals surface area contributed by atoms with E-state index in [0.717, 1.165) is 5.75 Å². The molecule has 2 aromatic carbocycles. The summed E-state index contributed by atoms with van der Waals surface area (Å²) in [5, 5.41) is 0. The van der Waals surface area contributed by atoms with Crippen molar-refractivity contribution in [3.63, 3.8) is 0 Å². The average molecular weight is 291 g/mol. The predicted octanol–water partition coefficient (Wildman–Crippen LogP) is 2.51. The van der Waals surface area contributed by atoms with Crippen molar-refractivity contribution < 1.29 is 13.2 Å². The van der Waals surface area contributed by atoms with Crippen molar-refractivity contribution in [3.8, 4) is 5.75 Å². The molecule has 0 atom stereocenters. The van der Waals surface area contributed by atoms with Crippen LogP contribution in [0.4, 0.5) is 5.69 Å². The van der Waals surface area contributed by atoms with Gasteiger partial charge in [0.2, 0.25) is 0 Å². The van der Waals surface area contributed by atoms with Crippen molar-refractivity contribution in [3.05, 3.63) is 54.6 Å². The minimum atomic E-state index is -3.27. The van der Waals surface area contributed by atoms with Crippen LogP contribution < -0.4 is 10.5 Å². The lowest BCUT2D eigenvalue weighted by atomic mass is 10.3. The monoisotopic (exact) mass is 291 g/mol. The van der Waals surface area contributed by atoms with Crippen LogP contribution in [0.3, 0.4) is 0 Å². The molecule has 0 fully saturated rings. The molecule has 0 unspecified atom stereocenters. The summed E-state index contributed by atoms with van der Waals surface area (Å²) in [6, 6.07) is 15.6. The molecule has 4 nitrogen and oxygen atoms in total. The first-order chi connectivity index (χ1) is 9.58. The molecule has 0 aliphatic rings. The molecular weight excluding hydrogens is 274 g/mol. The Kier molecular flexibility index (Phi) is 4.63. The number of anilines is 1. The quantitative estimate of drug-likeness (QED) is 0.656. The van der Waals surface area contributed by atoms with Crippen LogP contribution >= 0.6 is 0 Å². The van der Waals surface area contributed by atoms with E-state index in [0.29, 0.717) is 23.6 Å². The smallest absolute Gasteiger partial charge is 0.178 e. The van der Waals surface area contributed by atoms with Gasteiger partial charge in [-0.15, -0.1) is 0 Å². The van der Waals surface area contributed by atoms with E-state index in [1.54, 1.807) is 12.1 Å². The van der Waals surface area contributed by atoms with Gasteiger partial charge in [-0.25, -0.2) is 8.42 Å². The molecule has 0 spiro atoms. The molecule has 0 aliphatic heterocycles. The van der Waals surface area contributed by atoms with Crippen LogP contribution in [0.15, 0.2) is 59.5 Å². The Morgan fingerprint density at radius 2 is 1.60 bits per heavy atom. The maximum atomic E-state index is 12.1. The van der Waals surface area contributed by atoms with E-state index in [1.807, 2.05) is 30.3 Å². The van der Waals surface area contributed by atoms with Gasteiger partial charge in [0.05, 0.1) is 17.3 Å². The summed E-state index contributed by atoms with van der Waals surface area (Å²) in [5.74, 6) is 0.807. The summed E-state index contributed by atoms with van der Waals surface area (Å²) in [4.78, 5) is 0.298. The molecule has 0 aliphatic carbocycles. The number of benzene rings is 2. The molecule has 2 N–H and O–H groups in total. The minimum Gasteiger partial charge on any atom is -0.494 e. The van der Waals surface area contributed by atoms with E-state index >= 15 is 0 Å². The van der Waals surface area contributed by atoms with Crippen molar-refractivity contribution in [1.29, 1.82) is 0 Å². The number of rotatable bonds is 6. The van der Waals surface area contributed by atoms with Crippen LogP contribution in [0, 0.1) is 0 Å². The van der Waals surface area contributed by atoms with Crippen molar-refractivity contribution in [1.82, 2.24) is 0 Å². The zero-order chi connectivity index (χ0) is 14.4. The second-order valence-electron chi connectivity index (χ2n) is 4.40. The van der Waals surface area contributed by atoms with Gasteiger partial charge in [0.15, 0.2) is 9.84 Å². The van der Waals surface area contributed by atoms with Gasteiger partial charge in [0, 0.05) is 5.69 Å². The number of nitrogens with two attached hydrogens (primary N) is 1. The van der Waals surface area contributed by atoms with Gasteiger partial charge in [-0.3, -0.25) is 0 Å². The number of ether oxygens (including phenoxy) is 1. The normalized spacial score (nSPS) is 11.2. The Labute approximate surface area is 119 Å². The Balaban J connectivity index is 1.85. The van der Waals surface area contributed by atoms with Crippen LogP contribution in [-0.4, -0.2) is 20.8 Å². The van der Waals surface area contributed by atoms with E-state index in [-0.39, 0.29) is 5.75 Å². The molecular formula is C15H17NO3S. The zero-order valence-corrected chi connectivity index (χ0v) is 11.8. The van der Waals surface area contributed by atoms with Crippen LogP contribution in [0.25, 0.3) is 0 Å². The summed E-state index contributed by atoms with van der Waals surface area (Å²) in [6.07, 6.45) is 0.446. The van der Waals surface area contributed by atoms with Gasteiger partial charge in [0.25, 0.3) is 0 Å². The van der Waals surface area contributed by atoms with Crippen LogP contribution in [-0.2, 0) is 9.84 Å². The van der Waals surface area contributed by atoms with Gasteiger partial charge in [0.1, 0.15) is 5.75 Å². The molecule has 2 aromatic rings. The van der Waals surface area contributed by atoms with Gasteiger partial charge in [-0.05, 0) is 42.8 Å². The van der Waals surface area contributed by atoms with Gasteiger partial charge >= 0.3 is 0 Å². The fourth-order valence-electron chi connectivity index (χ4n) is 1.75.